The Morgan fingerprint density at radius 2 is 2.06 bits per heavy atom. The van der Waals surface area contributed by atoms with Crippen LogP contribution >= 0.6 is 0 Å². The highest BCUT2D eigenvalue weighted by molar-refractivity contribution is 5.77. The normalized spacial score (nSPS) is 11.9. The monoisotopic (exact) mass is 252 g/mol. The summed E-state index contributed by atoms with van der Waals surface area (Å²) >= 11 is 0. The number of ether oxygens (including phenoxy) is 1. The first kappa shape index (κ1) is 14.5. The van der Waals surface area contributed by atoms with Crippen LogP contribution in [0.15, 0.2) is 24.3 Å². The van der Waals surface area contributed by atoms with Crippen molar-refractivity contribution in [3.8, 4) is 5.75 Å². The lowest BCUT2D eigenvalue weighted by molar-refractivity contribution is -0.119. The zero-order chi connectivity index (χ0) is 13.4. The summed E-state index contributed by atoms with van der Waals surface area (Å²) in [5.74, 6) is 0.618. The molecule has 0 saturated carbocycles. The van der Waals surface area contributed by atoms with Gasteiger partial charge in [0.15, 0.2) is 0 Å². The molecule has 1 rings (SSSR count). The summed E-state index contributed by atoms with van der Waals surface area (Å²) in [7, 11) is 1.57. The average Bonchev–Trinajstić information content (AvgIpc) is 2.38. The number of carbonyl (C=O) groups is 1. The fraction of sp³-hybridized carbons (Fsp3) is 0.462. The standard InChI is InChI=1S/C13H20N2O3/c1-10-3-5-12(6-4-10)18-9-11(16)7-15-8-13(17)14-2/h3-6,11,15-16H,7-9H2,1-2H3,(H,14,17). The molecule has 3 N–H and O–H groups in total. The van der Waals surface area contributed by atoms with E-state index in [1.807, 2.05) is 31.2 Å². The molecule has 0 aliphatic rings. The molecule has 0 aromatic heterocycles. The minimum Gasteiger partial charge on any atom is -0.491 e. The van der Waals surface area contributed by atoms with Crippen LogP contribution in [0, 0.1) is 6.92 Å². The van der Waals surface area contributed by atoms with Crippen molar-refractivity contribution in [2.45, 2.75) is 13.0 Å². The van der Waals surface area contributed by atoms with Crippen LogP contribution in [0.25, 0.3) is 0 Å². The third-order valence-electron chi connectivity index (χ3n) is 2.41. The number of hydrogen-bond acceptors (Lipinski definition) is 4. The van der Waals surface area contributed by atoms with E-state index in [2.05, 4.69) is 10.6 Å². The van der Waals surface area contributed by atoms with Crippen molar-refractivity contribution in [3.05, 3.63) is 29.8 Å². The molecule has 1 aromatic carbocycles. The summed E-state index contributed by atoms with van der Waals surface area (Å²) in [5.41, 5.74) is 1.16. The molecule has 1 aromatic rings. The zero-order valence-corrected chi connectivity index (χ0v) is 10.8. The van der Waals surface area contributed by atoms with Crippen molar-refractivity contribution < 1.29 is 14.6 Å². The summed E-state index contributed by atoms with van der Waals surface area (Å²) in [4.78, 5) is 10.9. The lowest BCUT2D eigenvalue weighted by Crippen LogP contribution is -2.37. The van der Waals surface area contributed by atoms with Gasteiger partial charge in [0, 0.05) is 13.6 Å². The minimum absolute atomic E-state index is 0.110. The highest BCUT2D eigenvalue weighted by Gasteiger charge is 2.06. The Kier molecular flexibility index (Phi) is 6.18. The van der Waals surface area contributed by atoms with Gasteiger partial charge in [0.05, 0.1) is 6.54 Å². The summed E-state index contributed by atoms with van der Waals surface area (Å²) in [5, 5.41) is 15.0. The van der Waals surface area contributed by atoms with Gasteiger partial charge in [-0.15, -0.1) is 0 Å². The van der Waals surface area contributed by atoms with E-state index in [0.29, 0.717) is 6.54 Å². The van der Waals surface area contributed by atoms with Crippen LogP contribution in [-0.2, 0) is 4.79 Å². The number of amides is 1. The van der Waals surface area contributed by atoms with Gasteiger partial charge in [-0.05, 0) is 19.1 Å². The van der Waals surface area contributed by atoms with Gasteiger partial charge >= 0.3 is 0 Å². The fourth-order valence-electron chi connectivity index (χ4n) is 1.33. The van der Waals surface area contributed by atoms with E-state index in [-0.39, 0.29) is 19.1 Å². The van der Waals surface area contributed by atoms with Crippen molar-refractivity contribution in [1.82, 2.24) is 10.6 Å². The third kappa shape index (κ3) is 5.65. The predicted octanol–water partition coefficient (Wildman–Crippen LogP) is 0.0703. The molecule has 0 radical (unpaired) electrons. The minimum atomic E-state index is -0.643. The van der Waals surface area contributed by atoms with E-state index >= 15 is 0 Å². The topological polar surface area (TPSA) is 70.6 Å². The first-order valence-corrected chi connectivity index (χ1v) is 5.90. The van der Waals surface area contributed by atoms with Crippen LogP contribution < -0.4 is 15.4 Å². The van der Waals surface area contributed by atoms with Gasteiger partial charge in [-0.1, -0.05) is 17.7 Å². The maximum absolute atomic E-state index is 10.9. The van der Waals surface area contributed by atoms with E-state index in [9.17, 15) is 9.90 Å². The molecule has 5 heteroatoms. The van der Waals surface area contributed by atoms with Crippen molar-refractivity contribution >= 4 is 5.91 Å². The van der Waals surface area contributed by atoms with Gasteiger partial charge in [-0.3, -0.25) is 4.79 Å². The number of aliphatic hydroxyl groups excluding tert-OH is 1. The second-order valence-electron chi connectivity index (χ2n) is 4.08. The number of carbonyl (C=O) groups excluding carboxylic acids is 1. The van der Waals surface area contributed by atoms with Crippen LogP contribution in [0.2, 0.25) is 0 Å². The molecular weight excluding hydrogens is 232 g/mol. The van der Waals surface area contributed by atoms with Crippen molar-refractivity contribution in [1.29, 1.82) is 0 Å². The second-order valence-corrected chi connectivity index (χ2v) is 4.08. The Labute approximate surface area is 107 Å². The number of likely N-dealkylation sites (N-methyl/N-ethyl adjacent to an activating group) is 1. The van der Waals surface area contributed by atoms with E-state index in [0.717, 1.165) is 11.3 Å². The quantitative estimate of drug-likeness (QED) is 0.642. The Morgan fingerprint density at radius 1 is 1.39 bits per heavy atom. The molecule has 1 atom stereocenters. The summed E-state index contributed by atoms with van der Waals surface area (Å²) < 4.78 is 5.42. The highest BCUT2D eigenvalue weighted by Crippen LogP contribution is 2.11. The summed E-state index contributed by atoms with van der Waals surface area (Å²) in [6.07, 6.45) is -0.643. The zero-order valence-electron chi connectivity index (χ0n) is 10.8. The molecule has 0 aliphatic heterocycles. The number of benzene rings is 1. The first-order chi connectivity index (χ1) is 8.61. The van der Waals surface area contributed by atoms with Gasteiger partial charge in [0.1, 0.15) is 18.5 Å². The summed E-state index contributed by atoms with van der Waals surface area (Å²) in [6, 6.07) is 7.62. The van der Waals surface area contributed by atoms with Gasteiger partial charge in [0.25, 0.3) is 0 Å². The van der Waals surface area contributed by atoms with Gasteiger partial charge < -0.3 is 20.5 Å². The van der Waals surface area contributed by atoms with Gasteiger partial charge in [-0.2, -0.15) is 0 Å². The third-order valence-corrected chi connectivity index (χ3v) is 2.41. The van der Waals surface area contributed by atoms with E-state index < -0.39 is 6.10 Å². The second kappa shape index (κ2) is 7.68. The van der Waals surface area contributed by atoms with Crippen molar-refractivity contribution in [2.24, 2.45) is 0 Å². The maximum Gasteiger partial charge on any atom is 0.233 e. The van der Waals surface area contributed by atoms with E-state index in [4.69, 9.17) is 4.74 Å². The molecule has 0 fully saturated rings. The molecule has 0 spiro atoms. The fourth-order valence-corrected chi connectivity index (χ4v) is 1.33. The van der Waals surface area contributed by atoms with Gasteiger partial charge in [-0.25, -0.2) is 0 Å². The summed E-state index contributed by atoms with van der Waals surface area (Å²) in [6.45, 7) is 2.71. The van der Waals surface area contributed by atoms with E-state index in [1.54, 1.807) is 7.05 Å². The maximum atomic E-state index is 10.9. The lowest BCUT2D eigenvalue weighted by Gasteiger charge is -2.13. The Morgan fingerprint density at radius 3 is 2.67 bits per heavy atom. The number of hydrogen-bond donors (Lipinski definition) is 3. The molecule has 0 heterocycles. The number of aryl methyl sites for hydroxylation is 1. The predicted molar refractivity (Wildman–Crippen MR) is 69.6 cm³/mol. The molecule has 18 heavy (non-hydrogen) atoms. The van der Waals surface area contributed by atoms with Crippen LogP contribution in [0.5, 0.6) is 5.75 Å². The molecule has 1 unspecified atom stereocenters. The SMILES string of the molecule is CNC(=O)CNCC(O)COc1ccc(C)cc1. The smallest absolute Gasteiger partial charge is 0.233 e. The highest BCUT2D eigenvalue weighted by atomic mass is 16.5. The van der Waals surface area contributed by atoms with Crippen LogP contribution in [-0.4, -0.2) is 43.9 Å². The van der Waals surface area contributed by atoms with Crippen molar-refractivity contribution in [3.63, 3.8) is 0 Å². The Bertz CT molecular complexity index is 365. The molecule has 5 nitrogen and oxygen atoms in total. The molecule has 100 valence electrons. The van der Waals surface area contributed by atoms with Crippen LogP contribution in [0.1, 0.15) is 5.56 Å². The molecule has 0 aliphatic carbocycles. The van der Waals surface area contributed by atoms with Crippen LogP contribution in [0.4, 0.5) is 0 Å². The number of rotatable bonds is 7. The largest absolute Gasteiger partial charge is 0.491 e. The van der Waals surface area contributed by atoms with Gasteiger partial charge in [0.2, 0.25) is 5.91 Å². The molecular formula is C13H20N2O3. The molecule has 1 amide bonds. The molecule has 0 bridgehead atoms. The number of aliphatic hydroxyl groups is 1. The van der Waals surface area contributed by atoms with Crippen molar-refractivity contribution in [2.75, 3.05) is 26.7 Å². The van der Waals surface area contributed by atoms with Crippen LogP contribution in [0.3, 0.4) is 0 Å². The molecule has 0 saturated heterocycles. The Balaban J connectivity index is 2.18. The average molecular weight is 252 g/mol. The first-order valence-electron chi connectivity index (χ1n) is 5.90. The Hall–Kier alpha value is -1.59. The van der Waals surface area contributed by atoms with E-state index in [1.165, 1.54) is 0 Å². The number of nitrogens with one attached hydrogen (secondary N) is 2. The lowest BCUT2D eigenvalue weighted by atomic mass is 10.2.